The van der Waals surface area contributed by atoms with Crippen LogP contribution in [-0.2, 0) is 9.47 Å². The summed E-state index contributed by atoms with van der Waals surface area (Å²) in [6.45, 7) is 5.15. The molecule has 13 heavy (non-hydrogen) atoms. The van der Waals surface area contributed by atoms with E-state index in [9.17, 15) is 0 Å². The van der Waals surface area contributed by atoms with Crippen molar-refractivity contribution in [2.75, 3.05) is 20.3 Å². The standard InChI is InChI=1S/C8H17N3O2/c1-4-12-8(13-5-2)7-6-11(3)10-9-7/h6,8-10H,4-5H2,1-3H3. The van der Waals surface area contributed by atoms with E-state index in [1.54, 1.807) is 5.01 Å². The van der Waals surface area contributed by atoms with Gasteiger partial charge in [-0.15, -0.1) is 5.53 Å². The van der Waals surface area contributed by atoms with Crippen molar-refractivity contribution in [1.29, 1.82) is 0 Å². The van der Waals surface area contributed by atoms with Gasteiger partial charge in [-0.3, -0.25) is 5.01 Å². The molecule has 0 aromatic rings. The SMILES string of the molecule is CCOC(OCC)C1=CN(C)NN1. The van der Waals surface area contributed by atoms with Gasteiger partial charge in [0.1, 0.15) is 5.70 Å². The summed E-state index contributed by atoms with van der Waals surface area (Å²) in [5.74, 6) is 0. The zero-order valence-corrected chi connectivity index (χ0v) is 8.33. The first-order chi connectivity index (χ1) is 6.27. The number of hydrazine groups is 2. The second-order valence-corrected chi connectivity index (χ2v) is 2.67. The summed E-state index contributed by atoms with van der Waals surface area (Å²) in [6.07, 6.45) is 1.60. The summed E-state index contributed by atoms with van der Waals surface area (Å²) >= 11 is 0. The minimum Gasteiger partial charge on any atom is -0.347 e. The highest BCUT2D eigenvalue weighted by Gasteiger charge is 2.18. The van der Waals surface area contributed by atoms with Gasteiger partial charge < -0.3 is 14.9 Å². The molecule has 1 aliphatic heterocycles. The van der Waals surface area contributed by atoms with Crippen molar-refractivity contribution in [3.8, 4) is 0 Å². The number of ether oxygens (including phenoxy) is 2. The van der Waals surface area contributed by atoms with Gasteiger partial charge in [-0.1, -0.05) is 0 Å². The van der Waals surface area contributed by atoms with Crippen molar-refractivity contribution in [3.05, 3.63) is 11.9 Å². The highest BCUT2D eigenvalue weighted by atomic mass is 16.7. The summed E-state index contributed by atoms with van der Waals surface area (Å²) in [6, 6.07) is 0. The summed E-state index contributed by atoms with van der Waals surface area (Å²) in [5.41, 5.74) is 6.76. The van der Waals surface area contributed by atoms with Crippen molar-refractivity contribution in [1.82, 2.24) is 16.0 Å². The quantitative estimate of drug-likeness (QED) is 0.601. The Hall–Kier alpha value is -0.780. The van der Waals surface area contributed by atoms with Gasteiger partial charge >= 0.3 is 0 Å². The molecule has 0 bridgehead atoms. The predicted molar refractivity (Wildman–Crippen MR) is 49.2 cm³/mol. The summed E-state index contributed by atoms with van der Waals surface area (Å²) in [4.78, 5) is 0. The molecule has 2 N–H and O–H groups in total. The summed E-state index contributed by atoms with van der Waals surface area (Å²) in [5, 5.41) is 1.81. The molecule has 5 heteroatoms. The molecule has 0 aliphatic carbocycles. The average molecular weight is 187 g/mol. The van der Waals surface area contributed by atoms with Crippen LogP contribution >= 0.6 is 0 Å². The normalized spacial score (nSPS) is 16.3. The monoisotopic (exact) mass is 187 g/mol. The number of nitrogens with zero attached hydrogens (tertiary/aromatic N) is 1. The predicted octanol–water partition coefficient (Wildman–Crippen LogP) is 0.182. The molecule has 0 fully saturated rings. The van der Waals surface area contributed by atoms with Gasteiger partial charge in [0, 0.05) is 26.5 Å². The Morgan fingerprint density at radius 2 is 2.00 bits per heavy atom. The number of nitrogens with one attached hydrogen (secondary N) is 2. The lowest BCUT2D eigenvalue weighted by molar-refractivity contribution is -0.114. The van der Waals surface area contributed by atoms with Crippen LogP contribution in [0.15, 0.2) is 11.9 Å². The first-order valence-electron chi connectivity index (χ1n) is 4.47. The summed E-state index contributed by atoms with van der Waals surface area (Å²) < 4.78 is 10.8. The molecule has 1 rings (SSSR count). The third-order valence-electron chi connectivity index (χ3n) is 1.60. The van der Waals surface area contributed by atoms with E-state index in [4.69, 9.17) is 9.47 Å². The Kier molecular flexibility index (Phi) is 4.01. The Morgan fingerprint density at radius 1 is 1.38 bits per heavy atom. The zero-order chi connectivity index (χ0) is 9.68. The molecule has 0 aromatic heterocycles. The molecule has 76 valence electrons. The lowest BCUT2D eigenvalue weighted by Gasteiger charge is -2.17. The molecule has 5 nitrogen and oxygen atoms in total. The van der Waals surface area contributed by atoms with Gasteiger partial charge in [0.25, 0.3) is 0 Å². The third kappa shape index (κ3) is 2.87. The molecule has 0 amide bonds. The fourth-order valence-corrected chi connectivity index (χ4v) is 1.08. The fraction of sp³-hybridized carbons (Fsp3) is 0.750. The maximum atomic E-state index is 5.39. The lowest BCUT2D eigenvalue weighted by atomic mass is 10.4. The van der Waals surface area contributed by atoms with E-state index in [2.05, 4.69) is 11.0 Å². The van der Waals surface area contributed by atoms with E-state index >= 15 is 0 Å². The van der Waals surface area contributed by atoms with Crippen molar-refractivity contribution in [2.45, 2.75) is 20.1 Å². The minimum atomic E-state index is -0.299. The number of hydrogen-bond donors (Lipinski definition) is 2. The number of rotatable bonds is 5. The topological polar surface area (TPSA) is 45.8 Å². The van der Waals surface area contributed by atoms with Gasteiger partial charge in [0.2, 0.25) is 6.29 Å². The number of hydrogen-bond acceptors (Lipinski definition) is 5. The van der Waals surface area contributed by atoms with Crippen LogP contribution in [0, 0.1) is 0 Å². The molecule has 0 unspecified atom stereocenters. The minimum absolute atomic E-state index is 0.299. The van der Waals surface area contributed by atoms with Crippen LogP contribution in [0.3, 0.4) is 0 Å². The average Bonchev–Trinajstić information content (AvgIpc) is 2.51. The molecular weight excluding hydrogens is 170 g/mol. The Morgan fingerprint density at radius 3 is 2.38 bits per heavy atom. The van der Waals surface area contributed by atoms with Gasteiger partial charge in [-0.2, -0.15) is 0 Å². The van der Waals surface area contributed by atoms with E-state index in [1.165, 1.54) is 0 Å². The fourth-order valence-electron chi connectivity index (χ4n) is 1.08. The molecule has 0 saturated heterocycles. The van der Waals surface area contributed by atoms with E-state index in [-0.39, 0.29) is 6.29 Å². The summed E-state index contributed by atoms with van der Waals surface area (Å²) in [7, 11) is 1.90. The Bertz CT molecular complexity index is 178. The molecular formula is C8H17N3O2. The molecule has 1 heterocycles. The first kappa shape index (κ1) is 10.3. The van der Waals surface area contributed by atoms with Crippen molar-refractivity contribution in [3.63, 3.8) is 0 Å². The second kappa shape index (κ2) is 5.06. The van der Waals surface area contributed by atoms with Crippen LogP contribution in [-0.4, -0.2) is 31.6 Å². The van der Waals surface area contributed by atoms with Crippen molar-refractivity contribution in [2.24, 2.45) is 0 Å². The second-order valence-electron chi connectivity index (χ2n) is 2.67. The van der Waals surface area contributed by atoms with Crippen LogP contribution in [0.4, 0.5) is 0 Å². The molecule has 1 aliphatic rings. The Balaban J connectivity index is 2.48. The highest BCUT2D eigenvalue weighted by Crippen LogP contribution is 2.08. The zero-order valence-electron chi connectivity index (χ0n) is 8.33. The van der Waals surface area contributed by atoms with Crippen molar-refractivity contribution < 1.29 is 9.47 Å². The van der Waals surface area contributed by atoms with Gasteiger partial charge in [0.05, 0.1) is 0 Å². The van der Waals surface area contributed by atoms with Crippen LogP contribution in [0.25, 0.3) is 0 Å². The molecule has 0 atom stereocenters. The van der Waals surface area contributed by atoms with Gasteiger partial charge in [-0.25, -0.2) is 0 Å². The highest BCUT2D eigenvalue weighted by molar-refractivity contribution is 5.04. The van der Waals surface area contributed by atoms with E-state index in [0.29, 0.717) is 13.2 Å². The van der Waals surface area contributed by atoms with Crippen LogP contribution < -0.4 is 11.0 Å². The Labute approximate surface area is 78.6 Å². The lowest BCUT2D eigenvalue weighted by Crippen LogP contribution is -2.36. The van der Waals surface area contributed by atoms with Gasteiger partial charge in [0.15, 0.2) is 0 Å². The van der Waals surface area contributed by atoms with E-state index < -0.39 is 0 Å². The smallest absolute Gasteiger partial charge is 0.201 e. The molecule has 0 aromatic carbocycles. The first-order valence-corrected chi connectivity index (χ1v) is 4.47. The van der Waals surface area contributed by atoms with Crippen molar-refractivity contribution >= 4 is 0 Å². The third-order valence-corrected chi connectivity index (χ3v) is 1.60. The maximum Gasteiger partial charge on any atom is 0.201 e. The maximum absolute atomic E-state index is 5.39. The van der Waals surface area contributed by atoms with Gasteiger partial charge in [-0.05, 0) is 13.8 Å². The largest absolute Gasteiger partial charge is 0.347 e. The molecule has 0 spiro atoms. The van der Waals surface area contributed by atoms with Crippen LogP contribution in [0.2, 0.25) is 0 Å². The molecule has 0 saturated carbocycles. The molecule has 0 radical (unpaired) electrons. The van der Waals surface area contributed by atoms with E-state index in [1.807, 2.05) is 27.1 Å². The van der Waals surface area contributed by atoms with Crippen LogP contribution in [0.1, 0.15) is 13.8 Å². The van der Waals surface area contributed by atoms with Crippen LogP contribution in [0.5, 0.6) is 0 Å². The van der Waals surface area contributed by atoms with E-state index in [0.717, 1.165) is 5.70 Å².